The summed E-state index contributed by atoms with van der Waals surface area (Å²) in [6, 6.07) is 69.3. The lowest BCUT2D eigenvalue weighted by Gasteiger charge is -2.11. The van der Waals surface area contributed by atoms with Gasteiger partial charge in [0, 0.05) is 117 Å². The molecule has 0 radical (unpaired) electrons. The highest BCUT2D eigenvalue weighted by molar-refractivity contribution is 6.51. The maximum absolute atomic E-state index is 5.06. The van der Waals surface area contributed by atoms with Gasteiger partial charge in [0.1, 0.15) is 0 Å². The fourth-order valence-electron chi connectivity index (χ4n) is 9.56. The molecule has 4 N–H and O–H groups in total. The van der Waals surface area contributed by atoms with Crippen LogP contribution >= 0.6 is 0 Å². The second-order valence-electron chi connectivity index (χ2n) is 20.9. The summed E-state index contributed by atoms with van der Waals surface area (Å²) >= 11 is 0. The van der Waals surface area contributed by atoms with Crippen molar-refractivity contribution in [3.63, 3.8) is 0 Å². The highest BCUT2D eigenvalue weighted by Gasteiger charge is 2.26. The number of pyridine rings is 8. The molecule has 0 spiro atoms. The number of rotatable bonds is 8. The summed E-state index contributed by atoms with van der Waals surface area (Å²) in [5.41, 5.74) is 15.6. The van der Waals surface area contributed by atoms with Gasteiger partial charge < -0.3 is 21.3 Å². The number of amidine groups is 4. The first-order valence-electron chi connectivity index (χ1n) is 29.6. The van der Waals surface area contributed by atoms with Gasteiger partial charge in [0.2, 0.25) is 11.6 Å². The smallest absolute Gasteiger partial charge is 0.202 e. The third-order valence-electron chi connectivity index (χ3n) is 14.3. The lowest BCUT2D eigenvalue weighted by molar-refractivity contribution is 1.12. The van der Waals surface area contributed by atoms with Crippen LogP contribution in [0.25, 0.3) is 45.6 Å². The number of aliphatic imine (C=N–C) groups is 4. The topological polar surface area (TPSA) is 201 Å². The predicted molar refractivity (Wildman–Crippen MR) is 371 cm³/mol. The lowest BCUT2D eigenvalue weighted by Crippen LogP contribution is -2.27. The summed E-state index contributed by atoms with van der Waals surface area (Å²) in [6.45, 7) is 0. The summed E-state index contributed by atoms with van der Waals surface area (Å²) in [7, 11) is 0. The molecule has 14 rings (SSSR count). The van der Waals surface area contributed by atoms with E-state index in [2.05, 4.69) is 109 Å². The van der Waals surface area contributed by atoms with Crippen molar-refractivity contribution in [3.8, 4) is 92.9 Å². The van der Waals surface area contributed by atoms with Gasteiger partial charge in [-0.2, -0.15) is 0 Å². The van der Waals surface area contributed by atoms with Crippen LogP contribution in [-0.4, -0.2) is 63.2 Å². The van der Waals surface area contributed by atoms with Crippen LogP contribution in [0.4, 0.5) is 22.7 Å². The molecule has 16 nitrogen and oxygen atoms in total. The zero-order valence-electron chi connectivity index (χ0n) is 49.8. The van der Waals surface area contributed by atoms with Gasteiger partial charge in [0.15, 0.2) is 23.3 Å². The fraction of sp³-hybridized carbons (Fsp3) is 0. The first-order chi connectivity index (χ1) is 46.5. The molecule has 94 heavy (non-hydrogen) atoms. The third kappa shape index (κ3) is 14.6. The Kier molecular flexibility index (Phi) is 16.9. The molecule has 4 aromatic carbocycles. The van der Waals surface area contributed by atoms with E-state index in [4.69, 9.17) is 20.0 Å². The van der Waals surface area contributed by atoms with Gasteiger partial charge in [-0.1, -0.05) is 71.6 Å². The first-order valence-corrected chi connectivity index (χ1v) is 29.6. The number of anilines is 4. The average Bonchev–Trinajstić information content (AvgIpc) is 1.75. The van der Waals surface area contributed by atoms with Crippen LogP contribution < -0.4 is 21.3 Å². The minimum absolute atomic E-state index is 0.261. The Morgan fingerprint density at radius 1 is 0.191 bits per heavy atom. The summed E-state index contributed by atoms with van der Waals surface area (Å²) < 4.78 is 0. The molecule has 2 aliphatic rings. The molecule has 2 aliphatic heterocycles. The molecule has 0 bridgehead atoms. The Morgan fingerprint density at radius 2 is 0.404 bits per heavy atom. The highest BCUT2D eigenvalue weighted by atomic mass is 15.3. The molecule has 12 aromatic rings. The Hall–Kier alpha value is -14.1. The van der Waals surface area contributed by atoms with Crippen molar-refractivity contribution >= 4 is 46.1 Å². The van der Waals surface area contributed by atoms with E-state index in [0.717, 1.165) is 113 Å². The molecular formula is C78H48N16. The van der Waals surface area contributed by atoms with Crippen LogP contribution in [-0.2, 0) is 0 Å². The standard InChI is InChI=1S/C78H48N16/c1-5-41-79-65(9-1)69-49-57(37-45-83-69)17-13-53-21-29-61(30-22-53)87-73-74(88-62-31-23-54(24-32-62)14-18-58-38-46-84-70(50-58)66-10-2-6-42-80-66)92-77(91-73)78-93-75(89-63-33-25-55(26-34-63)15-19-59-39-47-85-71(51-59)67-11-3-7-43-81-67)76(94-78)90-64-35-27-56(28-36-64)16-20-60-40-48-86-72(52-60)68-12-4-8-44-82-68/h1-12,21-52H,(H,87,91)(H,88,92)(H,89,93)(H,90,94). The van der Waals surface area contributed by atoms with E-state index in [-0.39, 0.29) is 11.6 Å². The second kappa shape index (κ2) is 27.5. The van der Waals surface area contributed by atoms with Gasteiger partial charge in [-0.15, -0.1) is 0 Å². The van der Waals surface area contributed by atoms with Gasteiger partial charge in [-0.3, -0.25) is 39.9 Å². The molecule has 8 aromatic heterocycles. The maximum Gasteiger partial charge on any atom is 0.202 e. The normalized spacial score (nSPS) is 11.9. The van der Waals surface area contributed by atoms with E-state index < -0.39 is 0 Å². The molecule has 0 unspecified atom stereocenters. The number of nitrogens with zero attached hydrogens (tertiary/aromatic N) is 12. The van der Waals surface area contributed by atoms with Crippen LogP contribution in [0.2, 0.25) is 0 Å². The van der Waals surface area contributed by atoms with Crippen molar-refractivity contribution in [2.75, 3.05) is 21.3 Å². The van der Waals surface area contributed by atoms with Crippen molar-refractivity contribution in [3.05, 3.63) is 324 Å². The minimum atomic E-state index is 0.261. The molecule has 440 valence electrons. The van der Waals surface area contributed by atoms with Crippen molar-refractivity contribution in [1.82, 2.24) is 39.9 Å². The van der Waals surface area contributed by atoms with Crippen LogP contribution in [0.1, 0.15) is 44.5 Å². The second-order valence-corrected chi connectivity index (χ2v) is 20.9. The van der Waals surface area contributed by atoms with Crippen LogP contribution in [0.15, 0.2) is 300 Å². The predicted octanol–water partition coefficient (Wildman–Crippen LogP) is 13.6. The first kappa shape index (κ1) is 57.7. The van der Waals surface area contributed by atoms with Crippen molar-refractivity contribution in [2.45, 2.75) is 0 Å². The maximum atomic E-state index is 5.06. The number of hydrogen-bond donors (Lipinski definition) is 4. The molecule has 0 amide bonds. The zero-order chi connectivity index (χ0) is 63.1. The molecule has 0 saturated heterocycles. The summed E-state index contributed by atoms with van der Waals surface area (Å²) in [6.07, 6.45) is 14.0. The monoisotopic (exact) mass is 1210 g/mol. The van der Waals surface area contributed by atoms with Crippen LogP contribution in [0.3, 0.4) is 0 Å². The quantitative estimate of drug-likeness (QED) is 0.105. The summed E-state index contributed by atoms with van der Waals surface area (Å²) in [5, 5.41) is 14.0. The third-order valence-corrected chi connectivity index (χ3v) is 14.3. The van der Waals surface area contributed by atoms with E-state index in [0.29, 0.717) is 23.3 Å². The van der Waals surface area contributed by atoms with Crippen LogP contribution in [0, 0.1) is 47.4 Å². The molecule has 0 saturated carbocycles. The van der Waals surface area contributed by atoms with Crippen molar-refractivity contribution in [2.24, 2.45) is 20.0 Å². The zero-order valence-corrected chi connectivity index (χ0v) is 49.8. The van der Waals surface area contributed by atoms with E-state index in [1.807, 2.05) is 218 Å². The number of nitrogens with one attached hydrogen (secondary N) is 4. The van der Waals surface area contributed by atoms with Gasteiger partial charge in [-0.05, 0) is 194 Å². The Morgan fingerprint density at radius 3 is 0.617 bits per heavy atom. The average molecular weight is 1210 g/mol. The highest BCUT2D eigenvalue weighted by Crippen LogP contribution is 2.27. The van der Waals surface area contributed by atoms with E-state index in [1.54, 1.807) is 49.6 Å². The fourth-order valence-corrected chi connectivity index (χ4v) is 9.56. The number of aromatic nitrogens is 8. The van der Waals surface area contributed by atoms with Crippen molar-refractivity contribution in [1.29, 1.82) is 0 Å². The van der Waals surface area contributed by atoms with Crippen molar-refractivity contribution < 1.29 is 0 Å². The Bertz CT molecular complexity index is 4560. The molecular weight excluding hydrogens is 1160 g/mol. The number of hydrogen-bond acceptors (Lipinski definition) is 16. The Labute approximate surface area is 541 Å². The lowest BCUT2D eigenvalue weighted by atomic mass is 10.1. The van der Waals surface area contributed by atoms with E-state index in [9.17, 15) is 0 Å². The molecule has 0 fully saturated rings. The van der Waals surface area contributed by atoms with E-state index in [1.165, 1.54) is 0 Å². The summed E-state index contributed by atoms with van der Waals surface area (Å²) in [5.74, 6) is 28.5. The molecule has 0 atom stereocenters. The Balaban J connectivity index is 0.759. The largest absolute Gasteiger partial charge is 0.337 e. The van der Waals surface area contributed by atoms with Crippen LogP contribution in [0.5, 0.6) is 0 Å². The van der Waals surface area contributed by atoms with Gasteiger partial charge in [0.05, 0.1) is 45.6 Å². The minimum Gasteiger partial charge on any atom is -0.337 e. The van der Waals surface area contributed by atoms with E-state index >= 15 is 0 Å². The van der Waals surface area contributed by atoms with Gasteiger partial charge in [0.25, 0.3) is 0 Å². The molecule has 0 aliphatic carbocycles. The summed E-state index contributed by atoms with van der Waals surface area (Å²) in [4.78, 5) is 56.0. The molecule has 10 heterocycles. The number of benzene rings is 4. The van der Waals surface area contributed by atoms with Gasteiger partial charge >= 0.3 is 0 Å². The van der Waals surface area contributed by atoms with Gasteiger partial charge in [-0.25, -0.2) is 20.0 Å². The molecule has 16 heteroatoms. The SMILES string of the molecule is C(#Cc1ccnc(-c2ccccn2)c1)c1ccc(NC2=NC(=C3N=C(Nc4ccc(C#Cc5ccnc(-c6ccccn6)c5)cc4)C(Nc4ccc(C#Cc5ccnc(-c6ccccn6)c5)cc4)=N3)N=C2Nc2ccc(C#Cc3ccnc(-c4ccccn4)c3)cc2)cc1.